The molecule has 0 aliphatic carbocycles. The number of phenolic OH excluding ortho intramolecular Hbond substituents is 1. The molecule has 0 fully saturated rings. The molecule has 7 nitrogen and oxygen atoms in total. The van der Waals surface area contributed by atoms with Crippen LogP contribution < -0.4 is 20.8 Å². The Kier molecular flexibility index (Phi) is 7.96. The van der Waals surface area contributed by atoms with Crippen LogP contribution in [0.1, 0.15) is 34.5 Å². The zero-order valence-electron chi connectivity index (χ0n) is 21.3. The van der Waals surface area contributed by atoms with Crippen molar-refractivity contribution >= 4 is 36.7 Å². The number of carbonyl (C=O) groups is 1. The summed E-state index contributed by atoms with van der Waals surface area (Å²) in [6, 6.07) is 23.7. The standard InChI is InChI=1S/C31H27BN4O3/c32-27-21-35-36-28(27)17-14-23(26-10-4-5-11-29(26)37)20-30(36)33-18-6-7-19-34-31(38)22-12-15-25(16-13-22)39-24-8-2-1-3-9-24/h1-5,8-13,15-17,20-21,33,37H,6-7,18-19H2,(H,34,38). The number of nitrogens with one attached hydrogen (secondary N) is 2. The monoisotopic (exact) mass is 514 g/mol. The summed E-state index contributed by atoms with van der Waals surface area (Å²) in [5, 5.41) is 21.1. The first-order valence-electron chi connectivity index (χ1n) is 12.7. The van der Waals surface area contributed by atoms with Crippen LogP contribution in [0.4, 0.5) is 0 Å². The third-order valence-electron chi connectivity index (χ3n) is 6.19. The Hall–Kier alpha value is -4.94. The lowest BCUT2D eigenvalue weighted by molar-refractivity contribution is 0.0953. The van der Waals surface area contributed by atoms with Gasteiger partial charge in [0, 0.05) is 42.1 Å². The van der Waals surface area contributed by atoms with E-state index < -0.39 is 0 Å². The van der Waals surface area contributed by atoms with Gasteiger partial charge in [-0.1, -0.05) is 41.9 Å². The fraction of sp³-hybridized carbons (Fsp3) is 0.129. The van der Waals surface area contributed by atoms with Crippen molar-refractivity contribution in [3.63, 3.8) is 0 Å². The van der Waals surface area contributed by atoms with Gasteiger partial charge in [-0.05, 0) is 61.4 Å². The number of unbranched alkanes of at least 4 members (excludes halogenated alkanes) is 1. The third-order valence-corrected chi connectivity index (χ3v) is 6.19. The number of benzene rings is 3. The first-order chi connectivity index (χ1) is 19.1. The highest BCUT2D eigenvalue weighted by Gasteiger charge is 2.14. The van der Waals surface area contributed by atoms with Crippen LogP contribution in [0.15, 0.2) is 96.9 Å². The van der Waals surface area contributed by atoms with Gasteiger partial charge >= 0.3 is 0 Å². The van der Waals surface area contributed by atoms with E-state index in [9.17, 15) is 9.90 Å². The first-order valence-corrected chi connectivity index (χ1v) is 12.7. The van der Waals surface area contributed by atoms with Gasteiger partial charge in [-0.3, -0.25) is 4.79 Å². The number of hydrogen-bond donors (Lipinski definition) is 3. The minimum Gasteiger partial charge on any atom is -0.507 e. The van der Waals surface area contributed by atoms with Crippen LogP contribution in [-0.2, 0) is 0 Å². The number of aromatic hydroxyl groups is 1. The molecule has 5 rings (SSSR count). The summed E-state index contributed by atoms with van der Waals surface area (Å²) < 4.78 is 7.51. The smallest absolute Gasteiger partial charge is 0.251 e. The average molecular weight is 514 g/mol. The molecule has 0 atom stereocenters. The summed E-state index contributed by atoms with van der Waals surface area (Å²) in [4.78, 5) is 12.5. The second-order valence-corrected chi connectivity index (χ2v) is 8.98. The number of nitrogens with zero attached hydrogens (tertiary/aromatic N) is 2. The molecule has 1 aliphatic heterocycles. The van der Waals surface area contributed by atoms with Gasteiger partial charge in [0.1, 0.15) is 30.9 Å². The lowest BCUT2D eigenvalue weighted by Gasteiger charge is -2.13. The molecule has 39 heavy (non-hydrogen) atoms. The maximum atomic E-state index is 12.5. The number of fused-ring (bicyclic) bond motifs is 1. The number of amides is 1. The summed E-state index contributed by atoms with van der Waals surface area (Å²) >= 11 is 0. The molecular weight excluding hydrogens is 487 g/mol. The van der Waals surface area contributed by atoms with Gasteiger partial charge in [-0.25, -0.2) is 4.68 Å². The predicted molar refractivity (Wildman–Crippen MR) is 154 cm³/mol. The van der Waals surface area contributed by atoms with Crippen LogP contribution in [0.25, 0.3) is 17.5 Å². The summed E-state index contributed by atoms with van der Waals surface area (Å²) in [5.74, 6) is 2.20. The maximum absolute atomic E-state index is 12.5. The Labute approximate surface area is 228 Å². The molecule has 3 N–H and O–H groups in total. The van der Waals surface area contributed by atoms with Crippen molar-refractivity contribution in [3.8, 4) is 17.2 Å². The number of ether oxygens (including phenoxy) is 1. The Balaban J connectivity index is 1.12. The molecular formula is C31H27BN4O3. The molecule has 2 radical (unpaired) electrons. The van der Waals surface area contributed by atoms with E-state index in [1.54, 1.807) is 53.4 Å². The van der Waals surface area contributed by atoms with Gasteiger partial charge in [0.15, 0.2) is 0 Å². The summed E-state index contributed by atoms with van der Waals surface area (Å²) in [6.07, 6.45) is 6.86. The maximum Gasteiger partial charge on any atom is 0.251 e. The van der Waals surface area contributed by atoms with Crippen LogP contribution in [0.5, 0.6) is 17.2 Å². The number of phenols is 1. The molecule has 3 aromatic carbocycles. The average Bonchev–Trinajstić information content (AvgIpc) is 3.22. The lowest BCUT2D eigenvalue weighted by Crippen LogP contribution is -2.26. The minimum absolute atomic E-state index is 0.124. The Morgan fingerprint density at radius 2 is 1.67 bits per heavy atom. The number of carbonyl (C=O) groups excluding carboxylic acids is 1. The summed E-state index contributed by atoms with van der Waals surface area (Å²) in [5.41, 5.74) is 6.44. The molecule has 4 aromatic rings. The quantitative estimate of drug-likeness (QED) is 0.165. The molecule has 1 aromatic heterocycles. The molecule has 0 bridgehead atoms. The molecule has 0 spiro atoms. The number of rotatable bonds is 10. The molecule has 0 unspecified atom stereocenters. The van der Waals surface area contributed by atoms with Crippen LogP contribution in [0, 0.1) is 0 Å². The predicted octanol–water partition coefficient (Wildman–Crippen LogP) is 4.48. The van der Waals surface area contributed by atoms with Gasteiger partial charge in [0.05, 0.1) is 5.69 Å². The van der Waals surface area contributed by atoms with Crippen LogP contribution in [0.3, 0.4) is 0 Å². The number of aromatic nitrogens is 2. The summed E-state index contributed by atoms with van der Waals surface area (Å²) in [6.45, 7) is 1.20. The molecule has 2 heterocycles. The van der Waals surface area contributed by atoms with Gasteiger partial charge in [-0.2, -0.15) is 5.10 Å². The van der Waals surface area contributed by atoms with Crippen molar-refractivity contribution in [1.29, 1.82) is 0 Å². The van der Waals surface area contributed by atoms with E-state index in [-0.39, 0.29) is 11.7 Å². The minimum atomic E-state index is -0.124. The van der Waals surface area contributed by atoms with E-state index in [1.165, 1.54) is 0 Å². The number of hydrogen-bond acceptors (Lipinski definition) is 5. The molecule has 192 valence electrons. The zero-order chi connectivity index (χ0) is 27.0. The van der Waals surface area contributed by atoms with Gasteiger partial charge in [0.2, 0.25) is 0 Å². The molecule has 8 heteroatoms. The van der Waals surface area contributed by atoms with Crippen molar-refractivity contribution < 1.29 is 14.6 Å². The van der Waals surface area contributed by atoms with E-state index in [2.05, 4.69) is 21.5 Å². The van der Waals surface area contributed by atoms with E-state index in [0.717, 1.165) is 24.4 Å². The largest absolute Gasteiger partial charge is 0.507 e. The first kappa shape index (κ1) is 25.7. The molecule has 1 aliphatic rings. The van der Waals surface area contributed by atoms with Crippen molar-refractivity contribution in [2.24, 2.45) is 0 Å². The SMILES string of the molecule is [B]c1cnn2c1C=C=C(c1ccccc1O)C=C2NCCCCNC(=O)c1ccc(Oc2ccccc2)cc1. The van der Waals surface area contributed by atoms with E-state index in [4.69, 9.17) is 12.6 Å². The van der Waals surface area contributed by atoms with E-state index in [1.807, 2.05) is 48.5 Å². The van der Waals surface area contributed by atoms with Gasteiger partial charge < -0.3 is 20.5 Å². The molecule has 0 saturated heterocycles. The second-order valence-electron chi connectivity index (χ2n) is 8.98. The van der Waals surface area contributed by atoms with Crippen molar-refractivity contribution in [3.05, 3.63) is 114 Å². The van der Waals surface area contributed by atoms with Crippen LogP contribution in [0.2, 0.25) is 0 Å². The van der Waals surface area contributed by atoms with Crippen molar-refractivity contribution in [2.45, 2.75) is 12.8 Å². The van der Waals surface area contributed by atoms with Gasteiger partial charge in [-0.15, -0.1) is 5.73 Å². The van der Waals surface area contributed by atoms with E-state index in [0.29, 0.717) is 46.7 Å². The lowest BCUT2D eigenvalue weighted by atomic mass is 9.97. The van der Waals surface area contributed by atoms with Crippen LogP contribution in [-0.4, -0.2) is 41.7 Å². The van der Waals surface area contributed by atoms with E-state index >= 15 is 0 Å². The zero-order valence-corrected chi connectivity index (χ0v) is 21.3. The Bertz CT molecular complexity index is 1550. The van der Waals surface area contributed by atoms with Crippen molar-refractivity contribution in [1.82, 2.24) is 20.4 Å². The highest BCUT2D eigenvalue weighted by atomic mass is 16.5. The Morgan fingerprint density at radius 1 is 0.949 bits per heavy atom. The molecule has 1 amide bonds. The third kappa shape index (κ3) is 6.32. The fourth-order valence-corrected chi connectivity index (χ4v) is 4.14. The van der Waals surface area contributed by atoms with Crippen molar-refractivity contribution in [2.75, 3.05) is 13.1 Å². The number of para-hydroxylation sites is 2. The Morgan fingerprint density at radius 3 is 2.46 bits per heavy atom. The highest BCUT2D eigenvalue weighted by molar-refractivity contribution is 6.34. The fourth-order valence-electron chi connectivity index (χ4n) is 4.14. The number of allylic oxidation sites excluding steroid dienone is 2. The second kappa shape index (κ2) is 12.1. The summed E-state index contributed by atoms with van der Waals surface area (Å²) in [7, 11) is 6.11. The van der Waals surface area contributed by atoms with Gasteiger partial charge in [0.25, 0.3) is 5.91 Å². The topological polar surface area (TPSA) is 88.4 Å². The normalized spacial score (nSPS) is 12.1. The molecule has 0 saturated carbocycles. The highest BCUT2D eigenvalue weighted by Crippen LogP contribution is 2.28. The van der Waals surface area contributed by atoms with Crippen LogP contribution >= 0.6 is 0 Å².